The van der Waals surface area contributed by atoms with Crippen LogP contribution in [0.15, 0.2) is 24.3 Å². The summed E-state index contributed by atoms with van der Waals surface area (Å²) in [6, 6.07) is 5.07. The fourth-order valence-corrected chi connectivity index (χ4v) is 1.05. The minimum atomic E-state index is -0.764. The lowest BCUT2D eigenvalue weighted by Crippen LogP contribution is -2.39. The Labute approximate surface area is 92.8 Å². The Balaban J connectivity index is 2.57. The molecule has 1 aromatic rings. The van der Waals surface area contributed by atoms with Crippen LogP contribution in [0.1, 0.15) is 13.8 Å². The number of benzene rings is 1. The number of hydrogen-bond donors (Lipinski definition) is 2. The predicted octanol–water partition coefficient (Wildman–Crippen LogP) is 1.29. The molecule has 0 atom stereocenters. The third kappa shape index (κ3) is 3.68. The van der Waals surface area contributed by atoms with Crippen LogP contribution in [-0.4, -0.2) is 17.9 Å². The zero-order valence-corrected chi connectivity index (χ0v) is 9.08. The lowest BCUT2D eigenvalue weighted by molar-refractivity contribution is -0.136. The van der Waals surface area contributed by atoms with Crippen molar-refractivity contribution in [2.45, 2.75) is 19.9 Å². The first-order valence-electron chi connectivity index (χ1n) is 4.86. The molecule has 0 aromatic heterocycles. The second-order valence-corrected chi connectivity index (χ2v) is 3.59. The predicted molar refractivity (Wildman–Crippen MR) is 58.3 cm³/mol. The van der Waals surface area contributed by atoms with Crippen molar-refractivity contribution >= 4 is 17.5 Å². The van der Waals surface area contributed by atoms with Gasteiger partial charge in [0.05, 0.1) is 0 Å². The first kappa shape index (κ1) is 12.2. The highest BCUT2D eigenvalue weighted by atomic mass is 19.1. The third-order valence-corrected chi connectivity index (χ3v) is 1.73. The lowest BCUT2D eigenvalue weighted by atomic mass is 10.3. The van der Waals surface area contributed by atoms with Crippen LogP contribution in [0, 0.1) is 5.82 Å². The summed E-state index contributed by atoms with van der Waals surface area (Å²) in [6.07, 6.45) is 0. The van der Waals surface area contributed by atoms with Crippen LogP contribution in [0.5, 0.6) is 0 Å². The molecule has 86 valence electrons. The molecule has 0 heterocycles. The number of hydrogen-bond acceptors (Lipinski definition) is 2. The van der Waals surface area contributed by atoms with E-state index in [1.54, 1.807) is 13.8 Å². The number of anilines is 1. The minimum Gasteiger partial charge on any atom is -0.346 e. The van der Waals surface area contributed by atoms with Gasteiger partial charge in [-0.1, -0.05) is 0 Å². The average Bonchev–Trinajstić information content (AvgIpc) is 2.20. The van der Waals surface area contributed by atoms with Crippen LogP contribution in [-0.2, 0) is 9.59 Å². The molecule has 1 rings (SSSR count). The first-order chi connectivity index (χ1) is 7.49. The van der Waals surface area contributed by atoms with Crippen LogP contribution in [0.3, 0.4) is 0 Å². The summed E-state index contributed by atoms with van der Waals surface area (Å²) in [6.45, 7) is 3.51. The Bertz CT molecular complexity index is 387. The van der Waals surface area contributed by atoms with Gasteiger partial charge >= 0.3 is 11.8 Å². The smallest absolute Gasteiger partial charge is 0.313 e. The van der Waals surface area contributed by atoms with E-state index in [4.69, 9.17) is 0 Å². The molecule has 0 spiro atoms. The van der Waals surface area contributed by atoms with Crippen molar-refractivity contribution in [3.63, 3.8) is 0 Å². The molecule has 5 heteroatoms. The molecule has 0 saturated heterocycles. The molecule has 4 nitrogen and oxygen atoms in total. The molecule has 0 saturated carbocycles. The molecule has 2 amide bonds. The van der Waals surface area contributed by atoms with Gasteiger partial charge in [0, 0.05) is 11.7 Å². The van der Waals surface area contributed by atoms with E-state index in [0.29, 0.717) is 5.69 Å². The molecule has 0 radical (unpaired) electrons. The molecule has 1 aromatic carbocycles. The van der Waals surface area contributed by atoms with Crippen molar-refractivity contribution < 1.29 is 14.0 Å². The lowest BCUT2D eigenvalue weighted by Gasteiger charge is -2.08. The molecule has 0 unspecified atom stereocenters. The normalized spacial score (nSPS) is 10.0. The van der Waals surface area contributed by atoms with Crippen LogP contribution < -0.4 is 10.6 Å². The zero-order chi connectivity index (χ0) is 12.1. The minimum absolute atomic E-state index is 0.105. The van der Waals surface area contributed by atoms with Gasteiger partial charge in [0.15, 0.2) is 0 Å². The van der Waals surface area contributed by atoms with Gasteiger partial charge in [-0.2, -0.15) is 0 Å². The Morgan fingerprint density at radius 1 is 1.12 bits per heavy atom. The van der Waals surface area contributed by atoms with Crippen molar-refractivity contribution in [3.8, 4) is 0 Å². The van der Waals surface area contributed by atoms with E-state index in [1.807, 2.05) is 0 Å². The Hall–Kier alpha value is -1.91. The number of nitrogens with one attached hydrogen (secondary N) is 2. The summed E-state index contributed by atoms with van der Waals surface area (Å²) in [7, 11) is 0. The van der Waals surface area contributed by atoms with E-state index in [0.717, 1.165) is 0 Å². The maximum atomic E-state index is 12.6. The van der Waals surface area contributed by atoms with E-state index in [-0.39, 0.29) is 6.04 Å². The number of amides is 2. The van der Waals surface area contributed by atoms with Crippen LogP contribution in [0.25, 0.3) is 0 Å². The standard InChI is InChI=1S/C11H13FN2O2/c1-7(2)13-10(15)11(16)14-9-5-3-8(12)4-6-9/h3-7H,1-2H3,(H,13,15)(H,14,16). The first-order valence-corrected chi connectivity index (χ1v) is 4.86. The third-order valence-electron chi connectivity index (χ3n) is 1.73. The Morgan fingerprint density at radius 2 is 1.69 bits per heavy atom. The van der Waals surface area contributed by atoms with Crippen molar-refractivity contribution in [3.05, 3.63) is 30.1 Å². The van der Waals surface area contributed by atoms with Crippen molar-refractivity contribution in [1.82, 2.24) is 5.32 Å². The maximum Gasteiger partial charge on any atom is 0.313 e. The highest BCUT2D eigenvalue weighted by molar-refractivity contribution is 6.39. The summed E-state index contributed by atoms with van der Waals surface area (Å²) in [4.78, 5) is 22.5. The van der Waals surface area contributed by atoms with Gasteiger partial charge in [-0.3, -0.25) is 9.59 Å². The van der Waals surface area contributed by atoms with E-state index in [2.05, 4.69) is 10.6 Å². The van der Waals surface area contributed by atoms with Crippen molar-refractivity contribution in [1.29, 1.82) is 0 Å². The molecular weight excluding hydrogens is 211 g/mol. The van der Waals surface area contributed by atoms with Crippen molar-refractivity contribution in [2.75, 3.05) is 5.32 Å². The quantitative estimate of drug-likeness (QED) is 0.744. The molecule has 0 aliphatic rings. The molecule has 16 heavy (non-hydrogen) atoms. The number of rotatable bonds is 2. The van der Waals surface area contributed by atoms with E-state index in [9.17, 15) is 14.0 Å². The Kier molecular flexibility index (Phi) is 3.99. The molecular formula is C11H13FN2O2. The molecule has 0 aliphatic heterocycles. The summed E-state index contributed by atoms with van der Waals surface area (Å²) >= 11 is 0. The van der Waals surface area contributed by atoms with Crippen molar-refractivity contribution in [2.24, 2.45) is 0 Å². The Morgan fingerprint density at radius 3 is 2.19 bits per heavy atom. The van der Waals surface area contributed by atoms with E-state index in [1.165, 1.54) is 24.3 Å². The van der Waals surface area contributed by atoms with Crippen LogP contribution in [0.4, 0.5) is 10.1 Å². The average molecular weight is 224 g/mol. The summed E-state index contributed by atoms with van der Waals surface area (Å²) in [5.74, 6) is -1.87. The summed E-state index contributed by atoms with van der Waals surface area (Å²) < 4.78 is 12.6. The second kappa shape index (κ2) is 5.25. The topological polar surface area (TPSA) is 58.2 Å². The zero-order valence-electron chi connectivity index (χ0n) is 9.08. The van der Waals surface area contributed by atoms with E-state index < -0.39 is 17.6 Å². The largest absolute Gasteiger partial charge is 0.346 e. The van der Waals surface area contributed by atoms with Gasteiger partial charge in [-0.15, -0.1) is 0 Å². The molecule has 0 aliphatic carbocycles. The number of halogens is 1. The SMILES string of the molecule is CC(C)NC(=O)C(=O)Nc1ccc(F)cc1. The fraction of sp³-hybridized carbons (Fsp3) is 0.273. The van der Waals surface area contributed by atoms with Gasteiger partial charge in [-0.25, -0.2) is 4.39 Å². The van der Waals surface area contributed by atoms with Crippen LogP contribution in [0.2, 0.25) is 0 Å². The van der Waals surface area contributed by atoms with Gasteiger partial charge in [0.25, 0.3) is 0 Å². The molecule has 0 bridgehead atoms. The van der Waals surface area contributed by atoms with E-state index >= 15 is 0 Å². The highest BCUT2D eigenvalue weighted by Crippen LogP contribution is 2.07. The highest BCUT2D eigenvalue weighted by Gasteiger charge is 2.14. The monoisotopic (exact) mass is 224 g/mol. The van der Waals surface area contributed by atoms with Gasteiger partial charge < -0.3 is 10.6 Å². The second-order valence-electron chi connectivity index (χ2n) is 3.59. The number of carbonyl (C=O) groups excluding carboxylic acids is 2. The summed E-state index contributed by atoms with van der Waals surface area (Å²) in [5.41, 5.74) is 0.380. The van der Waals surface area contributed by atoms with Gasteiger partial charge in [-0.05, 0) is 38.1 Å². The molecule has 2 N–H and O–H groups in total. The van der Waals surface area contributed by atoms with Gasteiger partial charge in [0.1, 0.15) is 5.82 Å². The number of carbonyl (C=O) groups is 2. The fourth-order valence-electron chi connectivity index (χ4n) is 1.05. The van der Waals surface area contributed by atoms with Gasteiger partial charge in [0.2, 0.25) is 0 Å². The van der Waals surface area contributed by atoms with Crippen LogP contribution >= 0.6 is 0 Å². The molecule has 0 fully saturated rings. The maximum absolute atomic E-state index is 12.6. The summed E-state index contributed by atoms with van der Waals surface area (Å²) in [5, 5.41) is 4.81.